The van der Waals surface area contributed by atoms with Crippen molar-refractivity contribution < 1.29 is 0 Å². The van der Waals surface area contributed by atoms with Crippen molar-refractivity contribution in [3.05, 3.63) is 0 Å². The Balaban J connectivity index is 3.87. The fourth-order valence-electron chi connectivity index (χ4n) is 1.48. The SMILES string of the molecule is CCC(C)(CNC)CN(C)C. The maximum absolute atomic E-state index is 3.24. The van der Waals surface area contributed by atoms with Crippen molar-refractivity contribution in [2.75, 3.05) is 34.2 Å². The predicted octanol–water partition coefficient (Wildman–Crippen LogP) is 1.18. The largest absolute Gasteiger partial charge is 0.319 e. The Bertz CT molecular complexity index is 102. The lowest BCUT2D eigenvalue weighted by Crippen LogP contribution is -2.38. The molecule has 0 aliphatic rings. The molecule has 2 heteroatoms. The van der Waals surface area contributed by atoms with Crippen molar-refractivity contribution in [3.63, 3.8) is 0 Å². The first kappa shape index (κ1) is 10.9. The average molecular weight is 158 g/mol. The number of rotatable bonds is 5. The molecule has 2 nitrogen and oxygen atoms in total. The maximum Gasteiger partial charge on any atom is 0.00413 e. The summed E-state index contributed by atoms with van der Waals surface area (Å²) in [5.41, 5.74) is 0.429. The Morgan fingerprint density at radius 1 is 1.36 bits per heavy atom. The fraction of sp³-hybridized carbons (Fsp3) is 1.00. The van der Waals surface area contributed by atoms with Crippen LogP contribution in [0, 0.1) is 5.41 Å². The molecule has 1 unspecified atom stereocenters. The smallest absolute Gasteiger partial charge is 0.00413 e. The summed E-state index contributed by atoms with van der Waals surface area (Å²) in [4.78, 5) is 2.25. The molecule has 0 rings (SSSR count). The van der Waals surface area contributed by atoms with Gasteiger partial charge in [0.2, 0.25) is 0 Å². The summed E-state index contributed by atoms with van der Waals surface area (Å²) < 4.78 is 0. The Morgan fingerprint density at radius 3 is 2.18 bits per heavy atom. The van der Waals surface area contributed by atoms with Crippen LogP contribution in [0.2, 0.25) is 0 Å². The van der Waals surface area contributed by atoms with Gasteiger partial charge in [-0.25, -0.2) is 0 Å². The quantitative estimate of drug-likeness (QED) is 0.646. The molecule has 0 heterocycles. The molecule has 0 fully saturated rings. The van der Waals surface area contributed by atoms with Crippen molar-refractivity contribution in [1.82, 2.24) is 10.2 Å². The molecule has 0 aliphatic carbocycles. The number of hydrogen-bond donors (Lipinski definition) is 1. The summed E-state index contributed by atoms with van der Waals surface area (Å²) in [5, 5.41) is 3.24. The van der Waals surface area contributed by atoms with Gasteiger partial charge < -0.3 is 10.2 Å². The average Bonchev–Trinajstić information content (AvgIpc) is 1.87. The highest BCUT2D eigenvalue weighted by molar-refractivity contribution is 4.76. The summed E-state index contributed by atoms with van der Waals surface area (Å²) in [6, 6.07) is 0. The van der Waals surface area contributed by atoms with Crippen LogP contribution < -0.4 is 5.32 Å². The standard InChI is InChI=1S/C9H22N2/c1-6-9(2,7-10-3)8-11(4)5/h10H,6-8H2,1-5H3. The molecule has 0 bridgehead atoms. The third-order valence-corrected chi connectivity index (χ3v) is 2.16. The van der Waals surface area contributed by atoms with Crippen LogP contribution >= 0.6 is 0 Å². The first-order chi connectivity index (χ1) is 5.04. The highest BCUT2D eigenvalue weighted by Gasteiger charge is 2.21. The van der Waals surface area contributed by atoms with Gasteiger partial charge in [-0.3, -0.25) is 0 Å². The molecule has 0 spiro atoms. The van der Waals surface area contributed by atoms with Gasteiger partial charge >= 0.3 is 0 Å². The normalized spacial score (nSPS) is 16.9. The van der Waals surface area contributed by atoms with E-state index in [1.807, 2.05) is 7.05 Å². The van der Waals surface area contributed by atoms with Gasteiger partial charge in [0.25, 0.3) is 0 Å². The first-order valence-corrected chi connectivity index (χ1v) is 4.33. The summed E-state index contributed by atoms with van der Waals surface area (Å²) in [7, 11) is 6.27. The van der Waals surface area contributed by atoms with Crippen LogP contribution in [0.4, 0.5) is 0 Å². The maximum atomic E-state index is 3.24. The third-order valence-electron chi connectivity index (χ3n) is 2.16. The molecular weight excluding hydrogens is 136 g/mol. The van der Waals surface area contributed by atoms with Crippen LogP contribution in [0.25, 0.3) is 0 Å². The van der Waals surface area contributed by atoms with E-state index in [0.717, 1.165) is 13.1 Å². The Labute approximate surface area is 71.0 Å². The van der Waals surface area contributed by atoms with Crippen molar-refractivity contribution in [3.8, 4) is 0 Å². The third kappa shape index (κ3) is 4.38. The molecule has 0 saturated heterocycles. The molecule has 1 atom stereocenters. The van der Waals surface area contributed by atoms with Crippen molar-refractivity contribution in [1.29, 1.82) is 0 Å². The van der Waals surface area contributed by atoms with Crippen molar-refractivity contribution in [2.45, 2.75) is 20.3 Å². The second-order valence-electron chi connectivity index (χ2n) is 3.93. The molecule has 0 radical (unpaired) electrons. The summed E-state index contributed by atoms with van der Waals surface area (Å²) >= 11 is 0. The molecule has 11 heavy (non-hydrogen) atoms. The minimum absolute atomic E-state index is 0.429. The lowest BCUT2D eigenvalue weighted by Gasteiger charge is -2.31. The van der Waals surface area contributed by atoms with Crippen molar-refractivity contribution >= 4 is 0 Å². The summed E-state index contributed by atoms with van der Waals surface area (Å²) in [6.45, 7) is 6.83. The van der Waals surface area contributed by atoms with Gasteiger partial charge in [-0.05, 0) is 33.0 Å². The van der Waals surface area contributed by atoms with Crippen LogP contribution in [0.15, 0.2) is 0 Å². The lowest BCUT2D eigenvalue weighted by molar-refractivity contribution is 0.207. The molecule has 68 valence electrons. The van der Waals surface area contributed by atoms with Crippen molar-refractivity contribution in [2.24, 2.45) is 5.41 Å². The van der Waals surface area contributed by atoms with Crippen LogP contribution in [0.3, 0.4) is 0 Å². The molecule has 0 aromatic heterocycles. The first-order valence-electron chi connectivity index (χ1n) is 4.33. The molecule has 0 aromatic rings. The second kappa shape index (κ2) is 4.73. The van der Waals surface area contributed by atoms with E-state index in [1.54, 1.807) is 0 Å². The Morgan fingerprint density at radius 2 is 1.91 bits per heavy atom. The molecule has 1 N–H and O–H groups in total. The summed E-state index contributed by atoms with van der Waals surface area (Å²) in [5.74, 6) is 0. The molecule has 0 aliphatic heterocycles. The molecule has 0 aromatic carbocycles. The van der Waals surface area contributed by atoms with Gasteiger partial charge in [-0.2, -0.15) is 0 Å². The van der Waals surface area contributed by atoms with Gasteiger partial charge in [0.15, 0.2) is 0 Å². The predicted molar refractivity (Wildman–Crippen MR) is 50.9 cm³/mol. The van der Waals surface area contributed by atoms with Crippen LogP contribution in [-0.2, 0) is 0 Å². The van der Waals surface area contributed by atoms with Crippen LogP contribution in [-0.4, -0.2) is 39.1 Å². The lowest BCUT2D eigenvalue weighted by atomic mass is 9.87. The second-order valence-corrected chi connectivity index (χ2v) is 3.93. The van der Waals surface area contributed by atoms with E-state index in [4.69, 9.17) is 0 Å². The minimum atomic E-state index is 0.429. The zero-order chi connectivity index (χ0) is 8.91. The highest BCUT2D eigenvalue weighted by atomic mass is 15.1. The van der Waals surface area contributed by atoms with Gasteiger partial charge in [-0.15, -0.1) is 0 Å². The fourth-order valence-corrected chi connectivity index (χ4v) is 1.48. The summed E-state index contributed by atoms with van der Waals surface area (Å²) in [6.07, 6.45) is 1.23. The Kier molecular flexibility index (Phi) is 4.69. The van der Waals surface area contributed by atoms with E-state index in [2.05, 4.69) is 38.2 Å². The molecular formula is C9H22N2. The van der Waals surface area contributed by atoms with Gasteiger partial charge in [0.1, 0.15) is 0 Å². The zero-order valence-electron chi connectivity index (χ0n) is 8.57. The van der Waals surface area contributed by atoms with Crippen LogP contribution in [0.1, 0.15) is 20.3 Å². The van der Waals surface area contributed by atoms with E-state index >= 15 is 0 Å². The van der Waals surface area contributed by atoms with Crippen LogP contribution in [0.5, 0.6) is 0 Å². The minimum Gasteiger partial charge on any atom is -0.319 e. The van der Waals surface area contributed by atoms with Gasteiger partial charge in [0.05, 0.1) is 0 Å². The van der Waals surface area contributed by atoms with Gasteiger partial charge in [-0.1, -0.05) is 13.8 Å². The highest BCUT2D eigenvalue weighted by Crippen LogP contribution is 2.19. The topological polar surface area (TPSA) is 15.3 Å². The van der Waals surface area contributed by atoms with E-state index in [1.165, 1.54) is 6.42 Å². The van der Waals surface area contributed by atoms with Gasteiger partial charge in [0, 0.05) is 13.1 Å². The van der Waals surface area contributed by atoms with E-state index in [0.29, 0.717) is 5.41 Å². The molecule has 0 amide bonds. The Hall–Kier alpha value is -0.0800. The van der Waals surface area contributed by atoms with E-state index < -0.39 is 0 Å². The monoisotopic (exact) mass is 158 g/mol. The van der Waals surface area contributed by atoms with E-state index in [9.17, 15) is 0 Å². The number of hydrogen-bond acceptors (Lipinski definition) is 2. The number of nitrogens with zero attached hydrogens (tertiary/aromatic N) is 1. The molecule has 0 saturated carbocycles. The number of nitrogens with one attached hydrogen (secondary N) is 1. The van der Waals surface area contributed by atoms with E-state index in [-0.39, 0.29) is 0 Å². The zero-order valence-corrected chi connectivity index (χ0v) is 8.57.